The van der Waals surface area contributed by atoms with Crippen LogP contribution in [-0.2, 0) is 24.4 Å². The zero-order chi connectivity index (χ0) is 29.9. The quantitative estimate of drug-likeness (QED) is 0.304. The number of nitriles is 1. The third-order valence-corrected chi connectivity index (χ3v) is 8.24. The molecule has 0 spiro atoms. The van der Waals surface area contributed by atoms with Crippen molar-refractivity contribution in [3.8, 4) is 11.9 Å². The lowest BCUT2D eigenvalue weighted by molar-refractivity contribution is 0.0697. The van der Waals surface area contributed by atoms with E-state index in [1.807, 2.05) is 18.2 Å². The van der Waals surface area contributed by atoms with Crippen LogP contribution < -0.4 is 9.64 Å². The number of carboxylic acids is 1. The van der Waals surface area contributed by atoms with Crippen LogP contribution >= 0.6 is 0 Å². The highest BCUT2D eigenvalue weighted by Gasteiger charge is 2.28. The first-order valence-electron chi connectivity index (χ1n) is 14.5. The largest absolute Gasteiger partial charge is 0.478 e. The smallest absolute Gasteiger partial charge is 0.335 e. The Labute approximate surface area is 248 Å². The molecule has 4 heterocycles. The minimum absolute atomic E-state index is 0.0140. The first kappa shape index (κ1) is 28.6. The number of carboxylic acid groups (broad SMARTS) is 1. The normalized spacial score (nSPS) is 19.0. The van der Waals surface area contributed by atoms with Crippen molar-refractivity contribution < 1.29 is 23.8 Å². The van der Waals surface area contributed by atoms with Crippen LogP contribution in [0.2, 0.25) is 0 Å². The van der Waals surface area contributed by atoms with E-state index in [2.05, 4.69) is 26.3 Å². The van der Waals surface area contributed by atoms with Crippen LogP contribution in [0.5, 0.6) is 5.88 Å². The van der Waals surface area contributed by atoms with E-state index in [1.165, 1.54) is 6.07 Å². The number of hydrogen-bond donors (Lipinski definition) is 1. The molecule has 2 saturated heterocycles. The molecule has 1 unspecified atom stereocenters. The summed E-state index contributed by atoms with van der Waals surface area (Å²) in [7, 11) is 0. The lowest BCUT2D eigenvalue weighted by Crippen LogP contribution is -2.52. The molecular formula is C32H33FN6O4. The Morgan fingerprint density at radius 2 is 2.07 bits per heavy atom. The number of nitrogens with zero attached hydrogens (tertiary/aromatic N) is 6. The maximum atomic E-state index is 14.3. The van der Waals surface area contributed by atoms with Crippen molar-refractivity contribution in [2.75, 3.05) is 37.7 Å². The van der Waals surface area contributed by atoms with Crippen molar-refractivity contribution in [2.24, 2.45) is 5.92 Å². The van der Waals surface area contributed by atoms with Crippen LogP contribution in [0.15, 0.2) is 54.6 Å². The number of halogens is 1. The van der Waals surface area contributed by atoms with Crippen molar-refractivity contribution in [1.29, 1.82) is 5.26 Å². The van der Waals surface area contributed by atoms with Crippen molar-refractivity contribution in [3.05, 3.63) is 82.9 Å². The Morgan fingerprint density at radius 3 is 2.81 bits per heavy atom. The maximum Gasteiger partial charge on any atom is 0.335 e. The molecule has 2 aliphatic heterocycles. The second kappa shape index (κ2) is 12.4. The van der Waals surface area contributed by atoms with Gasteiger partial charge in [0.25, 0.3) is 0 Å². The van der Waals surface area contributed by atoms with Crippen molar-refractivity contribution in [3.63, 3.8) is 0 Å². The number of carbonyl (C=O) groups is 1. The molecule has 2 aromatic heterocycles. The zero-order valence-electron chi connectivity index (χ0n) is 23.9. The predicted octanol–water partition coefficient (Wildman–Crippen LogP) is 4.47. The van der Waals surface area contributed by atoms with Crippen molar-refractivity contribution in [2.45, 2.75) is 39.1 Å². The monoisotopic (exact) mass is 584 g/mol. The van der Waals surface area contributed by atoms with Crippen LogP contribution in [0.25, 0.3) is 11.0 Å². The molecule has 0 bridgehead atoms. The predicted molar refractivity (Wildman–Crippen MR) is 157 cm³/mol. The highest BCUT2D eigenvalue weighted by Crippen LogP contribution is 2.26. The van der Waals surface area contributed by atoms with E-state index in [4.69, 9.17) is 19.7 Å². The fourth-order valence-corrected chi connectivity index (χ4v) is 5.78. The Hall–Kier alpha value is -4.53. The standard InChI is InChI=1S/C32H33FN6O4/c1-21-16-38(29-3-2-4-31(36-29)43-20-25-6-5-22(15-34)13-26(25)33)11-10-37(21)18-30-35-27-8-7-24(32(40)41)14-28(27)39(30)17-23-9-12-42-19-23/h2-8,13-14,21,23H,9-12,16-20H2,1H3,(H,40,41)/t21-,23?/m0/s1. The first-order chi connectivity index (χ1) is 20.9. The van der Waals surface area contributed by atoms with Crippen LogP contribution in [0.3, 0.4) is 0 Å². The van der Waals surface area contributed by atoms with Crippen LogP contribution in [0.4, 0.5) is 10.2 Å². The molecule has 4 aromatic rings. The number of ether oxygens (including phenoxy) is 2. The molecular weight excluding hydrogens is 551 g/mol. The summed E-state index contributed by atoms with van der Waals surface area (Å²) in [5.74, 6) is 1.06. The number of benzene rings is 2. The van der Waals surface area contributed by atoms with E-state index < -0.39 is 11.8 Å². The van der Waals surface area contributed by atoms with Gasteiger partial charge in [0.1, 0.15) is 24.1 Å². The fourth-order valence-electron chi connectivity index (χ4n) is 5.78. The Bertz CT molecular complexity index is 1680. The van der Waals surface area contributed by atoms with E-state index in [-0.39, 0.29) is 23.8 Å². The third kappa shape index (κ3) is 6.30. The zero-order valence-corrected chi connectivity index (χ0v) is 23.9. The lowest BCUT2D eigenvalue weighted by atomic mass is 10.1. The van der Waals surface area contributed by atoms with E-state index in [1.54, 1.807) is 36.4 Å². The van der Waals surface area contributed by atoms with E-state index >= 15 is 0 Å². The van der Waals surface area contributed by atoms with Gasteiger partial charge in [0.15, 0.2) is 0 Å². The lowest BCUT2D eigenvalue weighted by Gasteiger charge is -2.40. The number of aromatic nitrogens is 3. The van der Waals surface area contributed by atoms with Crippen LogP contribution in [-0.4, -0.2) is 69.4 Å². The number of pyridine rings is 1. The number of imidazole rings is 1. The minimum Gasteiger partial charge on any atom is -0.478 e. The van der Waals surface area contributed by atoms with Gasteiger partial charge in [-0.2, -0.15) is 10.2 Å². The van der Waals surface area contributed by atoms with E-state index in [0.717, 1.165) is 61.9 Å². The Morgan fingerprint density at radius 1 is 1.19 bits per heavy atom. The molecule has 43 heavy (non-hydrogen) atoms. The van der Waals surface area contributed by atoms with Gasteiger partial charge in [-0.3, -0.25) is 4.90 Å². The molecule has 6 rings (SSSR count). The summed E-state index contributed by atoms with van der Waals surface area (Å²) in [5, 5.41) is 18.5. The van der Waals surface area contributed by atoms with Gasteiger partial charge >= 0.3 is 5.97 Å². The van der Waals surface area contributed by atoms with Gasteiger partial charge in [-0.05, 0) is 49.7 Å². The summed E-state index contributed by atoms with van der Waals surface area (Å²) in [6.07, 6.45) is 0.977. The second-order valence-corrected chi connectivity index (χ2v) is 11.2. The molecule has 2 aromatic carbocycles. The molecule has 11 heteroatoms. The number of rotatable bonds is 9. The van der Waals surface area contributed by atoms with Gasteiger partial charge in [-0.15, -0.1) is 0 Å². The number of hydrogen-bond acceptors (Lipinski definition) is 8. The van der Waals surface area contributed by atoms with Crippen LogP contribution in [0.1, 0.15) is 40.7 Å². The van der Waals surface area contributed by atoms with Crippen LogP contribution in [0, 0.1) is 23.1 Å². The Kier molecular flexibility index (Phi) is 8.22. The van der Waals surface area contributed by atoms with Crippen molar-refractivity contribution in [1.82, 2.24) is 19.4 Å². The third-order valence-electron chi connectivity index (χ3n) is 8.24. The summed E-state index contributed by atoms with van der Waals surface area (Å²) < 4.78 is 27.9. The first-order valence-corrected chi connectivity index (χ1v) is 14.5. The Balaban J connectivity index is 1.14. The van der Waals surface area contributed by atoms with Crippen molar-refractivity contribution >= 4 is 22.8 Å². The van der Waals surface area contributed by atoms with Gasteiger partial charge in [0.2, 0.25) is 5.88 Å². The molecule has 2 aliphatic rings. The molecule has 0 amide bonds. The molecule has 1 N–H and O–H groups in total. The SMILES string of the molecule is C[C@H]1CN(c2cccc(OCc3ccc(C#N)cc3F)n2)CCN1Cc1nc2ccc(C(=O)O)cc2n1CC1CCOC1. The van der Waals surface area contributed by atoms with E-state index in [0.29, 0.717) is 30.5 Å². The average molecular weight is 585 g/mol. The fraction of sp³-hybridized carbons (Fsp3) is 0.375. The molecule has 10 nitrogen and oxygen atoms in total. The molecule has 2 atom stereocenters. The topological polar surface area (TPSA) is 117 Å². The average Bonchev–Trinajstić information content (AvgIpc) is 3.65. The molecule has 0 radical (unpaired) electrons. The molecule has 0 aliphatic carbocycles. The van der Waals surface area contributed by atoms with Gasteiger partial charge in [0, 0.05) is 56.4 Å². The summed E-state index contributed by atoms with van der Waals surface area (Å²) in [6, 6.07) is 17.2. The summed E-state index contributed by atoms with van der Waals surface area (Å²) in [4.78, 5) is 25.9. The highest BCUT2D eigenvalue weighted by atomic mass is 19.1. The summed E-state index contributed by atoms with van der Waals surface area (Å²) in [5.41, 5.74) is 2.52. The molecule has 2 fully saturated rings. The van der Waals surface area contributed by atoms with Gasteiger partial charge in [0.05, 0.1) is 41.4 Å². The van der Waals surface area contributed by atoms with Gasteiger partial charge in [-0.25, -0.2) is 14.2 Å². The highest BCUT2D eigenvalue weighted by molar-refractivity contribution is 5.92. The molecule has 0 saturated carbocycles. The van der Waals surface area contributed by atoms with Gasteiger partial charge < -0.3 is 24.0 Å². The number of piperazine rings is 1. The maximum absolute atomic E-state index is 14.3. The number of aromatic carboxylic acids is 1. The summed E-state index contributed by atoms with van der Waals surface area (Å²) >= 11 is 0. The van der Waals surface area contributed by atoms with E-state index in [9.17, 15) is 14.3 Å². The number of anilines is 1. The summed E-state index contributed by atoms with van der Waals surface area (Å²) in [6.45, 7) is 7.33. The van der Waals surface area contributed by atoms with Gasteiger partial charge in [-0.1, -0.05) is 12.1 Å². The second-order valence-electron chi connectivity index (χ2n) is 11.2. The minimum atomic E-state index is -0.949. The number of fused-ring (bicyclic) bond motifs is 1. The molecule has 222 valence electrons.